The molecule has 118 valence electrons. The molecule has 1 unspecified atom stereocenters. The second-order valence-corrected chi connectivity index (χ2v) is 6.82. The zero-order valence-electron chi connectivity index (χ0n) is 14.2. The van der Waals surface area contributed by atoms with Gasteiger partial charge in [-0.3, -0.25) is 0 Å². The van der Waals surface area contributed by atoms with Gasteiger partial charge in [-0.15, -0.1) is 0 Å². The largest absolute Gasteiger partial charge is 0.342 e. The molecule has 0 radical (unpaired) electrons. The summed E-state index contributed by atoms with van der Waals surface area (Å²) < 4.78 is 2.35. The second kappa shape index (κ2) is 4.64. The molecule has 2 nitrogen and oxygen atoms in total. The minimum absolute atomic E-state index is 0.412. The van der Waals surface area contributed by atoms with Crippen LogP contribution in [-0.4, -0.2) is 11.6 Å². The summed E-state index contributed by atoms with van der Waals surface area (Å²) in [4.78, 5) is 2.37. The highest BCUT2D eigenvalue weighted by Crippen LogP contribution is 2.48. The number of aromatic nitrogens is 1. The fourth-order valence-corrected chi connectivity index (χ4v) is 4.42. The van der Waals surface area contributed by atoms with E-state index in [1.54, 1.807) is 0 Å². The van der Waals surface area contributed by atoms with Gasteiger partial charge in [0.05, 0.1) is 11.2 Å². The first-order valence-electron chi connectivity index (χ1n) is 8.51. The van der Waals surface area contributed by atoms with Gasteiger partial charge in [0.15, 0.2) is 0 Å². The molecule has 0 bridgehead atoms. The quantitative estimate of drug-likeness (QED) is 0.412. The molecule has 0 aliphatic carbocycles. The normalized spacial score (nSPS) is 16.5. The topological polar surface area (TPSA) is 8.17 Å². The SMILES string of the molecule is CC1c2ccccc2N(C)c2c1ccc1c3ccccc3n(C)c21. The molecular weight excluding hydrogens is 292 g/mol. The third-order valence-electron chi connectivity index (χ3n) is 5.64. The molecule has 0 saturated heterocycles. The van der Waals surface area contributed by atoms with Gasteiger partial charge in [0.1, 0.15) is 0 Å². The highest BCUT2D eigenvalue weighted by atomic mass is 15.1. The molecule has 3 aromatic carbocycles. The number of aryl methyl sites for hydroxylation is 1. The van der Waals surface area contributed by atoms with Crippen molar-refractivity contribution in [3.05, 3.63) is 71.8 Å². The molecule has 2 heterocycles. The van der Waals surface area contributed by atoms with E-state index >= 15 is 0 Å². The van der Waals surface area contributed by atoms with Crippen molar-refractivity contribution in [3.63, 3.8) is 0 Å². The van der Waals surface area contributed by atoms with Crippen molar-refractivity contribution in [1.82, 2.24) is 4.57 Å². The number of hydrogen-bond donors (Lipinski definition) is 0. The maximum atomic E-state index is 2.37. The Bertz CT molecular complexity index is 1100. The predicted octanol–water partition coefficient (Wildman–Crippen LogP) is 5.56. The summed E-state index contributed by atoms with van der Waals surface area (Å²) in [5.41, 5.74) is 8.10. The van der Waals surface area contributed by atoms with Crippen LogP contribution in [0.1, 0.15) is 24.0 Å². The Morgan fingerprint density at radius 2 is 1.50 bits per heavy atom. The first-order chi connectivity index (χ1) is 11.7. The molecule has 1 aliphatic rings. The smallest absolute Gasteiger partial charge is 0.0733 e. The lowest BCUT2D eigenvalue weighted by molar-refractivity contribution is 0.880. The van der Waals surface area contributed by atoms with E-state index in [1.807, 2.05) is 0 Å². The highest BCUT2D eigenvalue weighted by Gasteiger charge is 2.28. The van der Waals surface area contributed by atoms with Crippen molar-refractivity contribution in [2.24, 2.45) is 7.05 Å². The number of para-hydroxylation sites is 2. The molecule has 0 amide bonds. The molecule has 0 saturated carbocycles. The third-order valence-corrected chi connectivity index (χ3v) is 5.64. The van der Waals surface area contributed by atoms with Gasteiger partial charge in [-0.2, -0.15) is 0 Å². The molecule has 5 rings (SSSR count). The van der Waals surface area contributed by atoms with Crippen LogP contribution in [0.4, 0.5) is 11.4 Å². The van der Waals surface area contributed by atoms with E-state index in [9.17, 15) is 0 Å². The summed E-state index contributed by atoms with van der Waals surface area (Å²) in [5.74, 6) is 0.412. The minimum atomic E-state index is 0.412. The summed E-state index contributed by atoms with van der Waals surface area (Å²) in [6.45, 7) is 2.32. The van der Waals surface area contributed by atoms with Crippen LogP contribution in [0.5, 0.6) is 0 Å². The van der Waals surface area contributed by atoms with Gasteiger partial charge < -0.3 is 9.47 Å². The highest BCUT2D eigenvalue weighted by molar-refractivity contribution is 6.13. The maximum Gasteiger partial charge on any atom is 0.0733 e. The average molecular weight is 312 g/mol. The number of hydrogen-bond acceptors (Lipinski definition) is 1. The van der Waals surface area contributed by atoms with Crippen LogP contribution in [0.2, 0.25) is 0 Å². The van der Waals surface area contributed by atoms with E-state index in [-0.39, 0.29) is 0 Å². The van der Waals surface area contributed by atoms with E-state index in [0.717, 1.165) is 0 Å². The Hall–Kier alpha value is -2.74. The van der Waals surface area contributed by atoms with Gasteiger partial charge in [0.25, 0.3) is 0 Å². The summed E-state index contributed by atoms with van der Waals surface area (Å²) in [7, 11) is 4.38. The predicted molar refractivity (Wildman–Crippen MR) is 102 cm³/mol. The lowest BCUT2D eigenvalue weighted by atomic mass is 9.85. The van der Waals surface area contributed by atoms with Crippen molar-refractivity contribution in [3.8, 4) is 0 Å². The number of rotatable bonds is 0. The van der Waals surface area contributed by atoms with Crippen LogP contribution >= 0.6 is 0 Å². The van der Waals surface area contributed by atoms with Crippen LogP contribution < -0.4 is 4.90 Å². The van der Waals surface area contributed by atoms with Gasteiger partial charge in [0.2, 0.25) is 0 Å². The lowest BCUT2D eigenvalue weighted by Crippen LogP contribution is -2.21. The number of nitrogens with zero attached hydrogens (tertiary/aromatic N) is 2. The Kier molecular flexibility index (Phi) is 2.64. The molecule has 0 N–H and O–H groups in total. The van der Waals surface area contributed by atoms with E-state index in [2.05, 4.69) is 91.1 Å². The first-order valence-corrected chi connectivity index (χ1v) is 8.51. The van der Waals surface area contributed by atoms with E-state index in [4.69, 9.17) is 0 Å². The van der Waals surface area contributed by atoms with Gasteiger partial charge in [-0.05, 0) is 23.3 Å². The van der Waals surface area contributed by atoms with Gasteiger partial charge in [0, 0.05) is 42.0 Å². The standard InChI is InChI=1S/C22H20N2/c1-14-15-8-4-6-10-19(15)23(2)21-16(14)12-13-18-17-9-5-7-11-20(17)24(3)22(18)21/h4-14H,1-3H3. The van der Waals surface area contributed by atoms with Crippen molar-refractivity contribution in [2.45, 2.75) is 12.8 Å². The zero-order chi connectivity index (χ0) is 16.4. The monoisotopic (exact) mass is 312 g/mol. The molecule has 0 spiro atoms. The summed E-state index contributed by atoms with van der Waals surface area (Å²) in [6.07, 6.45) is 0. The first kappa shape index (κ1) is 13.7. The van der Waals surface area contributed by atoms with E-state index in [0.29, 0.717) is 5.92 Å². The Morgan fingerprint density at radius 1 is 0.750 bits per heavy atom. The van der Waals surface area contributed by atoms with Crippen LogP contribution in [0, 0.1) is 0 Å². The van der Waals surface area contributed by atoms with Crippen LogP contribution in [0.15, 0.2) is 60.7 Å². The van der Waals surface area contributed by atoms with Crippen LogP contribution in [0.3, 0.4) is 0 Å². The Labute approximate surface area is 141 Å². The van der Waals surface area contributed by atoms with Crippen molar-refractivity contribution < 1.29 is 0 Å². The van der Waals surface area contributed by atoms with Gasteiger partial charge >= 0.3 is 0 Å². The molecule has 4 aromatic rings. The minimum Gasteiger partial charge on any atom is -0.342 e. The van der Waals surface area contributed by atoms with Crippen LogP contribution in [0.25, 0.3) is 21.8 Å². The van der Waals surface area contributed by atoms with Gasteiger partial charge in [-0.25, -0.2) is 0 Å². The molecule has 24 heavy (non-hydrogen) atoms. The average Bonchev–Trinajstić information content (AvgIpc) is 2.92. The second-order valence-electron chi connectivity index (χ2n) is 6.82. The molecule has 1 aromatic heterocycles. The summed E-state index contributed by atoms with van der Waals surface area (Å²) in [6, 6.07) is 22.1. The van der Waals surface area contributed by atoms with Crippen LogP contribution in [-0.2, 0) is 7.05 Å². The van der Waals surface area contributed by atoms with Crippen molar-refractivity contribution in [2.75, 3.05) is 11.9 Å². The van der Waals surface area contributed by atoms with Crippen molar-refractivity contribution in [1.29, 1.82) is 0 Å². The van der Waals surface area contributed by atoms with Crippen molar-refractivity contribution >= 4 is 33.2 Å². The zero-order valence-corrected chi connectivity index (χ0v) is 14.2. The molecule has 2 heteroatoms. The fourth-order valence-electron chi connectivity index (χ4n) is 4.42. The number of anilines is 2. The molecule has 1 aliphatic heterocycles. The molecular formula is C22H20N2. The molecule has 1 atom stereocenters. The van der Waals surface area contributed by atoms with Gasteiger partial charge in [-0.1, -0.05) is 55.5 Å². The molecule has 0 fully saturated rings. The number of fused-ring (bicyclic) bond motifs is 6. The maximum absolute atomic E-state index is 2.37. The Balaban J connectivity index is 1.94. The summed E-state index contributed by atoms with van der Waals surface area (Å²) >= 11 is 0. The Morgan fingerprint density at radius 3 is 2.38 bits per heavy atom. The van der Waals surface area contributed by atoms with E-state index < -0.39 is 0 Å². The van der Waals surface area contributed by atoms with E-state index in [1.165, 1.54) is 44.3 Å². The number of benzene rings is 3. The fraction of sp³-hybridized carbons (Fsp3) is 0.182. The third kappa shape index (κ3) is 1.56. The lowest BCUT2D eigenvalue weighted by Gasteiger charge is -2.34. The summed E-state index contributed by atoms with van der Waals surface area (Å²) in [5, 5.41) is 2.67.